The molecule has 0 saturated heterocycles. The lowest BCUT2D eigenvalue weighted by Gasteiger charge is -2.37. The highest BCUT2D eigenvalue weighted by Gasteiger charge is 2.32. The zero-order valence-corrected chi connectivity index (χ0v) is 16.6. The van der Waals surface area contributed by atoms with Crippen LogP contribution in [0.4, 0.5) is 8.78 Å². The van der Waals surface area contributed by atoms with Crippen molar-refractivity contribution >= 4 is 22.6 Å². The van der Waals surface area contributed by atoms with Crippen molar-refractivity contribution in [3.8, 4) is 0 Å². The number of hydrogen-bond donors (Lipinski definition) is 0. The van der Waals surface area contributed by atoms with Crippen LogP contribution in [0.25, 0.3) is 0 Å². The Bertz CT molecular complexity index is 580. The molecule has 0 amide bonds. The second kappa shape index (κ2) is 8.29. The van der Waals surface area contributed by atoms with Crippen molar-refractivity contribution in [3.05, 3.63) is 45.1 Å². The van der Waals surface area contributed by atoms with E-state index in [2.05, 4.69) is 19.1 Å². The van der Waals surface area contributed by atoms with E-state index in [9.17, 15) is 8.78 Å². The van der Waals surface area contributed by atoms with Gasteiger partial charge in [-0.2, -0.15) is 0 Å². The monoisotopic (exact) mass is 444 g/mol. The number of allylic oxidation sites excluding steroid dienone is 2. The summed E-state index contributed by atoms with van der Waals surface area (Å²) in [6, 6.07) is 3.51. The number of rotatable bonds is 3. The van der Waals surface area contributed by atoms with Gasteiger partial charge in [0.2, 0.25) is 0 Å². The fraction of sp³-hybridized carbons (Fsp3) is 0.619. The standard InChI is InChI=1S/C21H27F2I/c1-2-3-14-4-6-15(7-5-14)16-8-10-17(11-9-16)18-12-13-19(24)21(23)20(18)22/h2-3,12-17H,4-11H2,1H3/b3-2+. The highest BCUT2D eigenvalue weighted by atomic mass is 127. The van der Waals surface area contributed by atoms with Crippen LogP contribution < -0.4 is 0 Å². The SMILES string of the molecule is C/C=C/C1CCC(C2CCC(c3ccc(I)c(F)c3F)CC2)CC1. The van der Waals surface area contributed by atoms with E-state index in [1.54, 1.807) is 12.1 Å². The van der Waals surface area contributed by atoms with Crippen molar-refractivity contribution in [1.29, 1.82) is 0 Å². The summed E-state index contributed by atoms with van der Waals surface area (Å²) in [5.41, 5.74) is 0.600. The second-order valence-corrected chi connectivity index (χ2v) is 8.74. The largest absolute Gasteiger partial charge is 0.203 e. The molecule has 3 heteroatoms. The van der Waals surface area contributed by atoms with Crippen LogP contribution in [-0.4, -0.2) is 0 Å². The third-order valence-electron chi connectivity index (χ3n) is 6.22. The summed E-state index contributed by atoms with van der Waals surface area (Å²) in [7, 11) is 0. The number of halogens is 3. The fourth-order valence-electron chi connectivity index (χ4n) is 4.84. The van der Waals surface area contributed by atoms with E-state index in [0.29, 0.717) is 9.13 Å². The Labute approximate surface area is 158 Å². The van der Waals surface area contributed by atoms with E-state index in [0.717, 1.165) is 30.6 Å². The van der Waals surface area contributed by atoms with Crippen LogP contribution in [0.15, 0.2) is 24.3 Å². The highest BCUT2D eigenvalue weighted by Crippen LogP contribution is 2.44. The third-order valence-corrected chi connectivity index (χ3v) is 7.06. The van der Waals surface area contributed by atoms with Crippen molar-refractivity contribution in [1.82, 2.24) is 0 Å². The van der Waals surface area contributed by atoms with Gasteiger partial charge in [-0.1, -0.05) is 18.2 Å². The fourth-order valence-corrected chi connectivity index (χ4v) is 5.26. The topological polar surface area (TPSA) is 0 Å². The van der Waals surface area contributed by atoms with E-state index in [-0.39, 0.29) is 5.92 Å². The molecule has 2 fully saturated rings. The molecule has 132 valence electrons. The van der Waals surface area contributed by atoms with Gasteiger partial charge in [0.1, 0.15) is 0 Å². The normalized spacial score (nSPS) is 31.5. The molecule has 0 radical (unpaired) electrons. The van der Waals surface area contributed by atoms with Crippen LogP contribution in [0.3, 0.4) is 0 Å². The van der Waals surface area contributed by atoms with Gasteiger partial charge in [0.25, 0.3) is 0 Å². The Morgan fingerprint density at radius 3 is 2.04 bits per heavy atom. The Hall–Kier alpha value is -0.450. The zero-order chi connectivity index (χ0) is 17.1. The molecule has 2 saturated carbocycles. The van der Waals surface area contributed by atoms with Gasteiger partial charge in [-0.15, -0.1) is 0 Å². The summed E-state index contributed by atoms with van der Waals surface area (Å²) in [6.45, 7) is 2.11. The second-order valence-electron chi connectivity index (χ2n) is 7.58. The molecule has 0 heterocycles. The van der Waals surface area contributed by atoms with Crippen molar-refractivity contribution in [2.45, 2.75) is 64.2 Å². The molecular formula is C21H27F2I. The van der Waals surface area contributed by atoms with E-state index < -0.39 is 11.6 Å². The van der Waals surface area contributed by atoms with Crippen molar-refractivity contribution in [3.63, 3.8) is 0 Å². The van der Waals surface area contributed by atoms with Gasteiger partial charge in [-0.25, -0.2) is 8.78 Å². The number of benzene rings is 1. The molecule has 0 unspecified atom stereocenters. The predicted molar refractivity (Wildman–Crippen MR) is 104 cm³/mol. The molecular weight excluding hydrogens is 417 g/mol. The lowest BCUT2D eigenvalue weighted by atomic mass is 9.68. The van der Waals surface area contributed by atoms with E-state index in [1.807, 2.05) is 22.6 Å². The van der Waals surface area contributed by atoms with E-state index in [1.165, 1.54) is 38.5 Å². The first-order valence-corrected chi connectivity index (χ1v) is 10.4. The maximum absolute atomic E-state index is 14.2. The van der Waals surface area contributed by atoms with Gasteiger partial charge in [0, 0.05) is 0 Å². The van der Waals surface area contributed by atoms with Gasteiger partial charge >= 0.3 is 0 Å². The molecule has 3 rings (SSSR count). The molecule has 2 aliphatic carbocycles. The lowest BCUT2D eigenvalue weighted by Crippen LogP contribution is -2.25. The van der Waals surface area contributed by atoms with E-state index in [4.69, 9.17) is 0 Å². The summed E-state index contributed by atoms with van der Waals surface area (Å²) in [6.07, 6.45) is 14.3. The summed E-state index contributed by atoms with van der Waals surface area (Å²) in [5.74, 6) is 1.35. The maximum Gasteiger partial charge on any atom is 0.172 e. The lowest BCUT2D eigenvalue weighted by molar-refractivity contribution is 0.170. The summed E-state index contributed by atoms with van der Waals surface area (Å²) in [5, 5.41) is 0. The third kappa shape index (κ3) is 4.03. The Kier molecular flexibility index (Phi) is 6.33. The van der Waals surface area contributed by atoms with Gasteiger partial charge in [0.05, 0.1) is 3.57 Å². The average Bonchev–Trinajstić information content (AvgIpc) is 2.61. The molecule has 0 atom stereocenters. The smallest absolute Gasteiger partial charge is 0.172 e. The van der Waals surface area contributed by atoms with Crippen LogP contribution in [0.5, 0.6) is 0 Å². The minimum atomic E-state index is -0.669. The summed E-state index contributed by atoms with van der Waals surface area (Å²) in [4.78, 5) is 0. The van der Waals surface area contributed by atoms with Crippen LogP contribution in [0.2, 0.25) is 0 Å². The molecule has 0 aliphatic heterocycles. The molecule has 0 spiro atoms. The highest BCUT2D eigenvalue weighted by molar-refractivity contribution is 14.1. The summed E-state index contributed by atoms with van der Waals surface area (Å²) < 4.78 is 28.4. The Balaban J connectivity index is 1.56. The minimum Gasteiger partial charge on any atom is -0.203 e. The minimum absolute atomic E-state index is 0.201. The molecule has 24 heavy (non-hydrogen) atoms. The molecule has 1 aromatic carbocycles. The first kappa shape index (κ1) is 18.3. The van der Waals surface area contributed by atoms with Crippen molar-refractivity contribution in [2.75, 3.05) is 0 Å². The molecule has 0 aromatic heterocycles. The van der Waals surface area contributed by atoms with E-state index >= 15 is 0 Å². The first-order valence-electron chi connectivity index (χ1n) is 9.36. The van der Waals surface area contributed by atoms with Crippen LogP contribution in [-0.2, 0) is 0 Å². The molecule has 1 aromatic rings. The zero-order valence-electron chi connectivity index (χ0n) is 14.4. The molecule has 0 N–H and O–H groups in total. The van der Waals surface area contributed by atoms with Crippen LogP contribution >= 0.6 is 22.6 Å². The van der Waals surface area contributed by atoms with Crippen LogP contribution in [0.1, 0.15) is 69.8 Å². The summed E-state index contributed by atoms with van der Waals surface area (Å²) >= 11 is 1.86. The Morgan fingerprint density at radius 1 is 0.875 bits per heavy atom. The molecule has 0 nitrogen and oxygen atoms in total. The average molecular weight is 444 g/mol. The van der Waals surface area contributed by atoms with Gasteiger partial charge < -0.3 is 0 Å². The van der Waals surface area contributed by atoms with Gasteiger partial charge in [-0.3, -0.25) is 0 Å². The number of hydrogen-bond acceptors (Lipinski definition) is 0. The van der Waals surface area contributed by atoms with Crippen molar-refractivity contribution < 1.29 is 8.78 Å². The molecule has 0 bridgehead atoms. The quantitative estimate of drug-likeness (QED) is 0.262. The van der Waals surface area contributed by atoms with Crippen LogP contribution in [0, 0.1) is 33.0 Å². The van der Waals surface area contributed by atoms with Gasteiger partial charge in [0.15, 0.2) is 11.6 Å². The predicted octanol–water partition coefficient (Wildman–Crippen LogP) is 7.23. The van der Waals surface area contributed by atoms with Crippen molar-refractivity contribution in [2.24, 2.45) is 17.8 Å². The molecule has 2 aliphatic rings. The van der Waals surface area contributed by atoms with Gasteiger partial charge in [-0.05, 0) is 116 Å². The Morgan fingerprint density at radius 2 is 1.46 bits per heavy atom. The maximum atomic E-state index is 14.2. The first-order chi connectivity index (χ1) is 11.6.